The highest BCUT2D eigenvalue weighted by Gasteiger charge is 2.36. The normalized spacial score (nSPS) is 17.5. The minimum atomic E-state index is -0.451. The van der Waals surface area contributed by atoms with Gasteiger partial charge in [-0.2, -0.15) is 0 Å². The van der Waals surface area contributed by atoms with Crippen LogP contribution < -0.4 is 15.5 Å². The Bertz CT molecular complexity index is 916. The zero-order valence-electron chi connectivity index (χ0n) is 16.7. The maximum atomic E-state index is 12.4. The molecule has 1 heterocycles. The van der Waals surface area contributed by atoms with Crippen molar-refractivity contribution in [2.75, 3.05) is 32.1 Å². The molecule has 0 radical (unpaired) electrons. The van der Waals surface area contributed by atoms with Gasteiger partial charge in [-0.15, -0.1) is 0 Å². The van der Waals surface area contributed by atoms with Crippen molar-refractivity contribution in [2.45, 2.75) is 19.0 Å². The third-order valence-corrected chi connectivity index (χ3v) is 5.18. The van der Waals surface area contributed by atoms with E-state index in [9.17, 15) is 19.7 Å². The zero-order chi connectivity index (χ0) is 21.5. The molecule has 0 aromatic heterocycles. The number of rotatable bonds is 8. The number of non-ortho nitro benzene ring substituents is 1. The molecule has 158 valence electrons. The number of hydrogen-bond donors (Lipinski definition) is 3. The van der Waals surface area contributed by atoms with Crippen LogP contribution in [0.15, 0.2) is 48.5 Å². The largest absolute Gasteiger partial charge is 0.465 e. The fraction of sp³-hybridized carbons (Fsp3) is 0.333. The Labute approximate surface area is 174 Å². The monoisotopic (exact) mass is 413 g/mol. The molecule has 1 amide bonds. The maximum Gasteiger partial charge on any atom is 0.365 e. The molecule has 0 saturated carbocycles. The van der Waals surface area contributed by atoms with Gasteiger partial charge in [0.05, 0.1) is 12.0 Å². The van der Waals surface area contributed by atoms with Gasteiger partial charge in [-0.3, -0.25) is 14.9 Å². The third kappa shape index (κ3) is 5.32. The van der Waals surface area contributed by atoms with Crippen molar-refractivity contribution < 1.29 is 24.1 Å². The summed E-state index contributed by atoms with van der Waals surface area (Å²) in [6.45, 7) is 1.63. The Hall–Kier alpha value is -3.46. The van der Waals surface area contributed by atoms with Crippen molar-refractivity contribution >= 4 is 23.3 Å². The Balaban J connectivity index is 1.49. The number of hydrogen-bond acceptors (Lipinski definition) is 6. The van der Waals surface area contributed by atoms with E-state index in [1.165, 1.54) is 19.2 Å². The SMILES string of the molecule is COC(=O)[C@@H]1Cc2ccccc2C[NH+]1CC(=O)NCCNc1ccc([N+](=O)[O-])cc1. The highest BCUT2D eigenvalue weighted by atomic mass is 16.6. The number of anilines is 1. The minimum absolute atomic E-state index is 0.0279. The molecule has 9 nitrogen and oxygen atoms in total. The Kier molecular flexibility index (Phi) is 6.97. The number of benzene rings is 2. The van der Waals surface area contributed by atoms with Gasteiger partial charge in [0, 0.05) is 42.9 Å². The van der Waals surface area contributed by atoms with E-state index < -0.39 is 11.0 Å². The lowest BCUT2D eigenvalue weighted by atomic mass is 9.94. The highest BCUT2D eigenvalue weighted by Crippen LogP contribution is 2.15. The van der Waals surface area contributed by atoms with Crippen molar-refractivity contribution in [1.29, 1.82) is 0 Å². The zero-order valence-corrected chi connectivity index (χ0v) is 16.7. The summed E-state index contributed by atoms with van der Waals surface area (Å²) in [5.41, 5.74) is 3.02. The molecule has 1 aliphatic rings. The average molecular weight is 413 g/mol. The van der Waals surface area contributed by atoms with E-state index in [1.54, 1.807) is 12.1 Å². The molecule has 0 saturated heterocycles. The second-order valence-corrected chi connectivity index (χ2v) is 7.14. The van der Waals surface area contributed by atoms with Crippen LogP contribution in [0.25, 0.3) is 0 Å². The van der Waals surface area contributed by atoms with Crippen molar-refractivity contribution in [3.8, 4) is 0 Å². The van der Waals surface area contributed by atoms with Gasteiger partial charge >= 0.3 is 5.97 Å². The summed E-state index contributed by atoms with van der Waals surface area (Å²) in [6, 6.07) is 13.6. The van der Waals surface area contributed by atoms with Crippen LogP contribution in [-0.4, -0.2) is 49.6 Å². The first-order valence-electron chi connectivity index (χ1n) is 9.72. The number of fused-ring (bicyclic) bond motifs is 1. The smallest absolute Gasteiger partial charge is 0.365 e. The van der Waals surface area contributed by atoms with Gasteiger partial charge in [0.15, 0.2) is 12.6 Å². The number of esters is 1. The van der Waals surface area contributed by atoms with Gasteiger partial charge in [0.25, 0.3) is 11.6 Å². The van der Waals surface area contributed by atoms with E-state index in [-0.39, 0.29) is 24.1 Å². The summed E-state index contributed by atoms with van der Waals surface area (Å²) < 4.78 is 4.94. The number of nitro benzene ring substituents is 1. The van der Waals surface area contributed by atoms with Crippen LogP contribution in [0.1, 0.15) is 11.1 Å². The number of nitrogens with zero attached hydrogens (tertiary/aromatic N) is 1. The van der Waals surface area contributed by atoms with Crippen LogP contribution in [0.2, 0.25) is 0 Å². The molecule has 0 bridgehead atoms. The molecule has 1 unspecified atom stereocenters. The van der Waals surface area contributed by atoms with Crippen LogP contribution >= 0.6 is 0 Å². The molecule has 2 atom stereocenters. The van der Waals surface area contributed by atoms with E-state index in [4.69, 9.17) is 4.74 Å². The number of amides is 1. The van der Waals surface area contributed by atoms with Crippen LogP contribution in [0, 0.1) is 10.1 Å². The fourth-order valence-electron chi connectivity index (χ4n) is 3.62. The second-order valence-electron chi connectivity index (χ2n) is 7.14. The standard InChI is InChI=1S/C21H24N4O5/c1-30-21(27)19-12-15-4-2-3-5-16(15)13-24(19)14-20(26)23-11-10-22-17-6-8-18(9-7-17)25(28)29/h2-9,19,22H,10-14H2,1H3,(H,23,26)/p+1/t19-/m0/s1. The lowest BCUT2D eigenvalue weighted by Gasteiger charge is -2.31. The van der Waals surface area contributed by atoms with Crippen molar-refractivity contribution in [1.82, 2.24) is 5.32 Å². The van der Waals surface area contributed by atoms with Crippen molar-refractivity contribution in [3.05, 3.63) is 69.8 Å². The number of quaternary nitrogens is 1. The molecule has 0 spiro atoms. The predicted molar refractivity (Wildman–Crippen MR) is 110 cm³/mol. The van der Waals surface area contributed by atoms with Gasteiger partial charge in [-0.1, -0.05) is 24.3 Å². The average Bonchev–Trinajstić information content (AvgIpc) is 2.76. The van der Waals surface area contributed by atoms with Crippen LogP contribution in [0.5, 0.6) is 0 Å². The Morgan fingerprint density at radius 2 is 1.83 bits per heavy atom. The molecule has 9 heteroatoms. The Morgan fingerprint density at radius 1 is 1.13 bits per heavy atom. The molecular weight excluding hydrogens is 388 g/mol. The minimum Gasteiger partial charge on any atom is -0.465 e. The van der Waals surface area contributed by atoms with Crippen molar-refractivity contribution in [2.24, 2.45) is 0 Å². The topological polar surface area (TPSA) is 115 Å². The van der Waals surface area contributed by atoms with Gasteiger partial charge in [0.2, 0.25) is 0 Å². The molecular formula is C21H25N4O5+. The van der Waals surface area contributed by atoms with E-state index in [2.05, 4.69) is 10.6 Å². The fourth-order valence-corrected chi connectivity index (χ4v) is 3.62. The van der Waals surface area contributed by atoms with Crippen molar-refractivity contribution in [3.63, 3.8) is 0 Å². The maximum absolute atomic E-state index is 12.4. The molecule has 2 aromatic carbocycles. The molecule has 3 N–H and O–H groups in total. The summed E-state index contributed by atoms with van der Waals surface area (Å²) in [4.78, 5) is 35.7. The lowest BCUT2D eigenvalue weighted by Crippen LogP contribution is -3.17. The number of methoxy groups -OCH3 is 1. The summed E-state index contributed by atoms with van der Waals surface area (Å²) >= 11 is 0. The first-order valence-corrected chi connectivity index (χ1v) is 9.72. The first-order chi connectivity index (χ1) is 14.5. The first kappa shape index (κ1) is 21.3. The van der Waals surface area contributed by atoms with Gasteiger partial charge in [-0.25, -0.2) is 4.79 Å². The molecule has 0 aliphatic carbocycles. The summed E-state index contributed by atoms with van der Waals surface area (Å²) in [5, 5.41) is 16.6. The molecule has 0 fully saturated rings. The molecule has 1 aliphatic heterocycles. The number of carbonyl (C=O) groups is 2. The summed E-state index contributed by atoms with van der Waals surface area (Å²) in [6.07, 6.45) is 0.549. The third-order valence-electron chi connectivity index (χ3n) is 5.18. The molecule has 30 heavy (non-hydrogen) atoms. The van der Waals surface area contributed by atoms with Crippen LogP contribution in [0.3, 0.4) is 0 Å². The summed E-state index contributed by atoms with van der Waals surface area (Å²) in [7, 11) is 1.37. The van der Waals surface area contributed by atoms with Gasteiger partial charge < -0.3 is 20.3 Å². The number of ether oxygens (including phenoxy) is 1. The Morgan fingerprint density at radius 3 is 2.50 bits per heavy atom. The van der Waals surface area contributed by atoms with E-state index in [0.29, 0.717) is 26.1 Å². The highest BCUT2D eigenvalue weighted by molar-refractivity contribution is 5.78. The van der Waals surface area contributed by atoms with Gasteiger partial charge in [0.1, 0.15) is 6.54 Å². The molecule has 2 aromatic rings. The van der Waals surface area contributed by atoms with Gasteiger partial charge in [-0.05, 0) is 17.7 Å². The van der Waals surface area contributed by atoms with Crippen LogP contribution in [-0.2, 0) is 27.3 Å². The number of carbonyl (C=O) groups excluding carboxylic acids is 2. The quantitative estimate of drug-likeness (QED) is 0.248. The predicted octanol–water partition coefficient (Wildman–Crippen LogP) is 0.306. The van der Waals surface area contributed by atoms with E-state index in [0.717, 1.165) is 21.7 Å². The summed E-state index contributed by atoms with van der Waals surface area (Å²) in [5.74, 6) is -0.462. The van der Waals surface area contributed by atoms with Crippen LogP contribution in [0.4, 0.5) is 11.4 Å². The van der Waals surface area contributed by atoms with E-state index in [1.807, 2.05) is 24.3 Å². The lowest BCUT2D eigenvalue weighted by molar-refractivity contribution is -0.924. The second kappa shape index (κ2) is 9.84. The number of nitro groups is 1. The number of nitrogens with one attached hydrogen (secondary N) is 3. The molecule has 3 rings (SSSR count). The van der Waals surface area contributed by atoms with E-state index >= 15 is 0 Å².